The van der Waals surface area contributed by atoms with Crippen molar-refractivity contribution in [2.45, 2.75) is 51.6 Å². The van der Waals surface area contributed by atoms with E-state index in [-0.39, 0.29) is 11.4 Å². The third kappa shape index (κ3) is 6.08. The summed E-state index contributed by atoms with van der Waals surface area (Å²) >= 11 is 0. The molecule has 0 bridgehead atoms. The molecule has 4 nitrogen and oxygen atoms in total. The number of ether oxygens (including phenoxy) is 1. The minimum Gasteiger partial charge on any atom is -0.380 e. The number of carbonyl (C=O) groups is 1. The summed E-state index contributed by atoms with van der Waals surface area (Å²) in [7, 11) is 0. The lowest BCUT2D eigenvalue weighted by atomic mass is 10.1. The van der Waals surface area contributed by atoms with Crippen molar-refractivity contribution >= 4 is 5.91 Å². The van der Waals surface area contributed by atoms with E-state index in [1.165, 1.54) is 0 Å². The van der Waals surface area contributed by atoms with Gasteiger partial charge in [0.05, 0.1) is 6.61 Å². The second-order valence-corrected chi connectivity index (χ2v) is 5.42. The molecule has 1 unspecified atom stereocenters. The van der Waals surface area contributed by atoms with Crippen LogP contribution in [0.2, 0.25) is 0 Å². The molecule has 0 radical (unpaired) electrons. The third-order valence-corrected chi connectivity index (χ3v) is 2.46. The highest BCUT2D eigenvalue weighted by atomic mass is 16.5. The van der Waals surface area contributed by atoms with Crippen LogP contribution in [0, 0.1) is 0 Å². The molecule has 0 aromatic heterocycles. The molecule has 4 heteroatoms. The Bertz CT molecular complexity index is 218. The van der Waals surface area contributed by atoms with Crippen LogP contribution in [0.25, 0.3) is 0 Å². The fourth-order valence-electron chi connectivity index (χ4n) is 1.77. The van der Waals surface area contributed by atoms with Gasteiger partial charge in [-0.15, -0.1) is 0 Å². The molecule has 1 fully saturated rings. The molecule has 2 N–H and O–H groups in total. The maximum absolute atomic E-state index is 11.5. The van der Waals surface area contributed by atoms with E-state index in [0.717, 1.165) is 32.6 Å². The third-order valence-electron chi connectivity index (χ3n) is 2.46. The van der Waals surface area contributed by atoms with Crippen LogP contribution in [-0.4, -0.2) is 37.2 Å². The van der Waals surface area contributed by atoms with Gasteiger partial charge in [-0.3, -0.25) is 4.79 Å². The van der Waals surface area contributed by atoms with Gasteiger partial charge >= 0.3 is 0 Å². The Kier molecular flexibility index (Phi) is 5.22. The molecule has 0 aromatic rings. The standard InChI is InChI=1S/C12H24N2O2/c1-12(2,3)14-11(15)6-7-13-10-5-4-8-16-9-10/h10,13H,4-9H2,1-3H3,(H,14,15). The molecule has 1 aliphatic heterocycles. The van der Waals surface area contributed by atoms with Crippen LogP contribution in [0.3, 0.4) is 0 Å². The van der Waals surface area contributed by atoms with Crippen molar-refractivity contribution in [1.82, 2.24) is 10.6 Å². The van der Waals surface area contributed by atoms with Crippen molar-refractivity contribution in [2.24, 2.45) is 0 Å². The molecule has 0 aliphatic carbocycles. The van der Waals surface area contributed by atoms with E-state index in [9.17, 15) is 4.79 Å². The van der Waals surface area contributed by atoms with E-state index in [1.807, 2.05) is 20.8 Å². The Morgan fingerprint density at radius 3 is 2.75 bits per heavy atom. The predicted molar refractivity (Wildman–Crippen MR) is 64.4 cm³/mol. The Morgan fingerprint density at radius 2 is 2.19 bits per heavy atom. The minimum absolute atomic E-state index is 0.108. The zero-order valence-corrected chi connectivity index (χ0v) is 10.6. The summed E-state index contributed by atoms with van der Waals surface area (Å²) in [5.74, 6) is 0.108. The lowest BCUT2D eigenvalue weighted by molar-refractivity contribution is -0.122. The number of amides is 1. The predicted octanol–water partition coefficient (Wildman–Crippen LogP) is 1.06. The van der Waals surface area contributed by atoms with E-state index in [4.69, 9.17) is 4.74 Å². The van der Waals surface area contributed by atoms with Crippen LogP contribution < -0.4 is 10.6 Å². The monoisotopic (exact) mass is 228 g/mol. The van der Waals surface area contributed by atoms with Gasteiger partial charge in [-0.25, -0.2) is 0 Å². The number of nitrogens with one attached hydrogen (secondary N) is 2. The van der Waals surface area contributed by atoms with Gasteiger partial charge in [0.15, 0.2) is 0 Å². The number of carbonyl (C=O) groups excluding carboxylic acids is 1. The first-order chi connectivity index (χ1) is 7.47. The highest BCUT2D eigenvalue weighted by Crippen LogP contribution is 2.05. The maximum Gasteiger partial charge on any atom is 0.221 e. The van der Waals surface area contributed by atoms with E-state index < -0.39 is 0 Å². The van der Waals surface area contributed by atoms with Crippen molar-refractivity contribution in [3.8, 4) is 0 Å². The maximum atomic E-state index is 11.5. The number of rotatable bonds is 4. The minimum atomic E-state index is -0.134. The van der Waals surface area contributed by atoms with Gasteiger partial charge in [0.1, 0.15) is 0 Å². The topological polar surface area (TPSA) is 50.4 Å². The van der Waals surface area contributed by atoms with Crippen LogP contribution in [0.1, 0.15) is 40.0 Å². The lowest BCUT2D eigenvalue weighted by Crippen LogP contribution is -2.43. The summed E-state index contributed by atoms with van der Waals surface area (Å²) in [5, 5.41) is 6.30. The molecule has 94 valence electrons. The summed E-state index contributed by atoms with van der Waals surface area (Å²) < 4.78 is 5.36. The molecule has 1 amide bonds. The molecule has 0 aromatic carbocycles. The second kappa shape index (κ2) is 6.21. The molecule has 1 aliphatic rings. The van der Waals surface area contributed by atoms with E-state index in [0.29, 0.717) is 12.5 Å². The molecule has 1 rings (SSSR count). The average Bonchev–Trinajstić information content (AvgIpc) is 2.16. The number of hydrogen-bond acceptors (Lipinski definition) is 3. The van der Waals surface area contributed by atoms with Crippen LogP contribution in [0.15, 0.2) is 0 Å². The van der Waals surface area contributed by atoms with Gasteiger partial charge in [0.25, 0.3) is 0 Å². The van der Waals surface area contributed by atoms with Crippen molar-refractivity contribution < 1.29 is 9.53 Å². The summed E-state index contributed by atoms with van der Waals surface area (Å²) in [5.41, 5.74) is -0.134. The van der Waals surface area contributed by atoms with Gasteiger partial charge in [0.2, 0.25) is 5.91 Å². The summed E-state index contributed by atoms with van der Waals surface area (Å²) in [6.45, 7) is 8.37. The lowest BCUT2D eigenvalue weighted by Gasteiger charge is -2.24. The van der Waals surface area contributed by atoms with Gasteiger partial charge in [-0.2, -0.15) is 0 Å². The Balaban J connectivity index is 2.08. The van der Waals surface area contributed by atoms with Crippen molar-refractivity contribution in [2.75, 3.05) is 19.8 Å². The summed E-state index contributed by atoms with van der Waals surface area (Å²) in [4.78, 5) is 11.5. The van der Waals surface area contributed by atoms with Crippen molar-refractivity contribution in [3.63, 3.8) is 0 Å². The fourth-order valence-corrected chi connectivity index (χ4v) is 1.77. The fraction of sp³-hybridized carbons (Fsp3) is 0.917. The van der Waals surface area contributed by atoms with Gasteiger partial charge < -0.3 is 15.4 Å². The zero-order valence-electron chi connectivity index (χ0n) is 10.6. The van der Waals surface area contributed by atoms with Crippen molar-refractivity contribution in [3.05, 3.63) is 0 Å². The molecule has 16 heavy (non-hydrogen) atoms. The summed E-state index contributed by atoms with van der Waals surface area (Å²) in [6.07, 6.45) is 2.81. The first-order valence-corrected chi connectivity index (χ1v) is 6.09. The zero-order chi connectivity index (χ0) is 12.0. The van der Waals surface area contributed by atoms with Gasteiger partial charge in [-0.1, -0.05) is 0 Å². The summed E-state index contributed by atoms with van der Waals surface area (Å²) in [6, 6.07) is 0.427. The van der Waals surface area contributed by atoms with E-state index in [2.05, 4.69) is 10.6 Å². The smallest absolute Gasteiger partial charge is 0.221 e. The normalized spacial score (nSPS) is 21.8. The van der Waals surface area contributed by atoms with Crippen LogP contribution in [0.5, 0.6) is 0 Å². The highest BCUT2D eigenvalue weighted by molar-refractivity contribution is 5.76. The van der Waals surface area contributed by atoms with Crippen LogP contribution >= 0.6 is 0 Å². The molecule has 0 saturated carbocycles. The molecule has 0 spiro atoms. The Hall–Kier alpha value is -0.610. The SMILES string of the molecule is CC(C)(C)NC(=O)CCNC1CCCOC1. The number of hydrogen-bond donors (Lipinski definition) is 2. The average molecular weight is 228 g/mol. The van der Waals surface area contributed by atoms with Crippen LogP contribution in [-0.2, 0) is 9.53 Å². The highest BCUT2D eigenvalue weighted by Gasteiger charge is 2.15. The quantitative estimate of drug-likeness (QED) is 0.756. The van der Waals surface area contributed by atoms with E-state index in [1.54, 1.807) is 0 Å². The largest absolute Gasteiger partial charge is 0.380 e. The van der Waals surface area contributed by atoms with E-state index >= 15 is 0 Å². The van der Waals surface area contributed by atoms with Gasteiger partial charge in [-0.05, 0) is 33.6 Å². The first kappa shape index (κ1) is 13.5. The molecular formula is C12H24N2O2. The molecule has 1 saturated heterocycles. The second-order valence-electron chi connectivity index (χ2n) is 5.42. The molecule has 1 heterocycles. The van der Waals surface area contributed by atoms with Crippen LogP contribution in [0.4, 0.5) is 0 Å². The van der Waals surface area contributed by atoms with Gasteiger partial charge in [0, 0.05) is 31.2 Å². The Morgan fingerprint density at radius 1 is 1.44 bits per heavy atom. The Labute approximate surface area is 98.1 Å². The molecular weight excluding hydrogens is 204 g/mol. The first-order valence-electron chi connectivity index (χ1n) is 6.09. The van der Waals surface area contributed by atoms with Crippen molar-refractivity contribution in [1.29, 1.82) is 0 Å². The molecule has 1 atom stereocenters.